The summed E-state index contributed by atoms with van der Waals surface area (Å²) in [5.74, 6) is 0.579. The second-order valence-corrected chi connectivity index (χ2v) is 5.56. The van der Waals surface area contributed by atoms with E-state index in [4.69, 9.17) is 20.9 Å². The van der Waals surface area contributed by atoms with Gasteiger partial charge < -0.3 is 9.26 Å². The summed E-state index contributed by atoms with van der Waals surface area (Å²) in [4.78, 5) is 4.09. The number of rotatable bonds is 2. The van der Waals surface area contributed by atoms with E-state index in [1.54, 1.807) is 7.11 Å². The summed E-state index contributed by atoms with van der Waals surface area (Å²) in [7, 11) is 1.70. The first-order valence-electron chi connectivity index (χ1n) is 5.52. The summed E-state index contributed by atoms with van der Waals surface area (Å²) in [5, 5.41) is 3.97. The zero-order valence-electron chi connectivity index (χ0n) is 9.92. The number of halogens is 1. The Bertz CT molecular complexity index is 366. The van der Waals surface area contributed by atoms with Gasteiger partial charge in [0, 0.05) is 7.11 Å². The molecule has 0 aliphatic heterocycles. The maximum absolute atomic E-state index is 5.66. The molecule has 5 heteroatoms. The van der Waals surface area contributed by atoms with Crippen LogP contribution in [0.25, 0.3) is 0 Å². The SMILES string of the molecule is COC1(c2noc(Cl)n2)CCC(C)(C)CC1. The summed E-state index contributed by atoms with van der Waals surface area (Å²) < 4.78 is 10.4. The normalized spacial score (nSPS) is 23.2. The standard InChI is InChI=1S/C11H17ClN2O2/c1-10(2)4-6-11(15-3,7-5-10)8-13-9(12)16-14-8/h4-7H2,1-3H3. The maximum Gasteiger partial charge on any atom is 0.320 e. The maximum atomic E-state index is 5.66. The number of methoxy groups -OCH3 is 1. The van der Waals surface area contributed by atoms with Crippen LogP contribution in [-0.4, -0.2) is 17.3 Å². The summed E-state index contributed by atoms with van der Waals surface area (Å²) in [5.41, 5.74) is -0.0400. The highest BCUT2D eigenvalue weighted by atomic mass is 35.5. The molecule has 0 N–H and O–H groups in total. The molecule has 0 amide bonds. The molecule has 1 aromatic rings. The van der Waals surface area contributed by atoms with Gasteiger partial charge in [-0.3, -0.25) is 0 Å². The molecule has 0 bridgehead atoms. The van der Waals surface area contributed by atoms with E-state index in [9.17, 15) is 0 Å². The van der Waals surface area contributed by atoms with Gasteiger partial charge in [-0.1, -0.05) is 19.0 Å². The van der Waals surface area contributed by atoms with Gasteiger partial charge in [0.05, 0.1) is 0 Å². The highest BCUT2D eigenvalue weighted by Crippen LogP contribution is 2.46. The Morgan fingerprint density at radius 1 is 1.25 bits per heavy atom. The third-order valence-corrected chi connectivity index (χ3v) is 3.76. The van der Waals surface area contributed by atoms with E-state index in [2.05, 4.69) is 24.0 Å². The van der Waals surface area contributed by atoms with Crippen molar-refractivity contribution in [2.24, 2.45) is 5.41 Å². The molecule has 1 aromatic heterocycles. The fraction of sp³-hybridized carbons (Fsp3) is 0.818. The fourth-order valence-corrected chi connectivity index (χ4v) is 2.35. The molecule has 0 atom stereocenters. The van der Waals surface area contributed by atoms with Crippen LogP contribution in [0.2, 0.25) is 5.35 Å². The van der Waals surface area contributed by atoms with E-state index in [1.165, 1.54) is 0 Å². The van der Waals surface area contributed by atoms with Gasteiger partial charge in [-0.25, -0.2) is 0 Å². The highest BCUT2D eigenvalue weighted by Gasteiger charge is 2.43. The van der Waals surface area contributed by atoms with Crippen LogP contribution < -0.4 is 0 Å². The number of nitrogens with zero attached hydrogens (tertiary/aromatic N) is 2. The molecule has 1 fully saturated rings. The Morgan fingerprint density at radius 2 is 1.88 bits per heavy atom. The van der Waals surface area contributed by atoms with Gasteiger partial charge in [0.2, 0.25) is 5.82 Å². The minimum atomic E-state index is -0.411. The van der Waals surface area contributed by atoms with Crippen molar-refractivity contribution in [2.45, 2.75) is 45.1 Å². The minimum absolute atomic E-state index is 0.0799. The summed E-state index contributed by atoms with van der Waals surface area (Å²) in [6.07, 6.45) is 4.00. The molecule has 2 rings (SSSR count). The molecule has 1 saturated carbocycles. The van der Waals surface area contributed by atoms with Gasteiger partial charge in [0.1, 0.15) is 5.60 Å². The Hall–Kier alpha value is -0.610. The quantitative estimate of drug-likeness (QED) is 0.802. The van der Waals surface area contributed by atoms with Crippen LogP contribution >= 0.6 is 11.6 Å². The second-order valence-electron chi connectivity index (χ2n) is 5.23. The van der Waals surface area contributed by atoms with Crippen LogP contribution in [0.5, 0.6) is 0 Å². The molecule has 1 aliphatic carbocycles. The summed E-state index contributed by atoms with van der Waals surface area (Å²) >= 11 is 5.66. The summed E-state index contributed by atoms with van der Waals surface area (Å²) in [6, 6.07) is 0. The lowest BCUT2D eigenvalue weighted by Gasteiger charge is -2.40. The van der Waals surface area contributed by atoms with Crippen molar-refractivity contribution in [3.8, 4) is 0 Å². The predicted molar refractivity (Wildman–Crippen MR) is 60.2 cm³/mol. The molecule has 4 nitrogen and oxygen atoms in total. The van der Waals surface area contributed by atoms with Gasteiger partial charge in [-0.15, -0.1) is 0 Å². The van der Waals surface area contributed by atoms with Gasteiger partial charge in [0.15, 0.2) is 0 Å². The largest absolute Gasteiger partial charge is 0.370 e. The molecule has 1 aliphatic rings. The molecule has 16 heavy (non-hydrogen) atoms. The van der Waals surface area contributed by atoms with Crippen LogP contribution in [0.3, 0.4) is 0 Å². The molecule has 0 unspecified atom stereocenters. The molecule has 0 aromatic carbocycles. The van der Waals surface area contributed by atoms with E-state index >= 15 is 0 Å². The average molecular weight is 245 g/mol. The van der Waals surface area contributed by atoms with Crippen molar-refractivity contribution >= 4 is 11.6 Å². The number of hydrogen-bond donors (Lipinski definition) is 0. The molecule has 90 valence electrons. The molecular weight excluding hydrogens is 228 g/mol. The summed E-state index contributed by atoms with van der Waals surface area (Å²) in [6.45, 7) is 4.55. The Kier molecular flexibility index (Phi) is 2.97. The Morgan fingerprint density at radius 3 is 2.31 bits per heavy atom. The van der Waals surface area contributed by atoms with Crippen LogP contribution in [-0.2, 0) is 10.3 Å². The van der Waals surface area contributed by atoms with Crippen LogP contribution in [0.1, 0.15) is 45.4 Å². The average Bonchev–Trinajstić information content (AvgIpc) is 2.66. The molecule has 0 spiro atoms. The molecule has 1 heterocycles. The molecular formula is C11H17ClN2O2. The van der Waals surface area contributed by atoms with Crippen molar-refractivity contribution in [3.05, 3.63) is 11.2 Å². The lowest BCUT2D eigenvalue weighted by Crippen LogP contribution is -2.37. The Labute approximate surface area is 100 Å². The third kappa shape index (κ3) is 2.09. The van der Waals surface area contributed by atoms with Crippen molar-refractivity contribution < 1.29 is 9.26 Å². The monoisotopic (exact) mass is 244 g/mol. The van der Waals surface area contributed by atoms with E-state index in [1.807, 2.05) is 0 Å². The van der Waals surface area contributed by atoms with Crippen molar-refractivity contribution in [3.63, 3.8) is 0 Å². The van der Waals surface area contributed by atoms with Crippen molar-refractivity contribution in [2.75, 3.05) is 7.11 Å². The van der Waals surface area contributed by atoms with Gasteiger partial charge in [-0.05, 0) is 42.7 Å². The van der Waals surface area contributed by atoms with E-state index in [-0.39, 0.29) is 5.35 Å². The predicted octanol–water partition coefficient (Wildman–Crippen LogP) is 3.16. The third-order valence-electron chi connectivity index (χ3n) is 3.61. The number of aromatic nitrogens is 2. The van der Waals surface area contributed by atoms with E-state index in [0.29, 0.717) is 11.2 Å². The lowest BCUT2D eigenvalue weighted by molar-refractivity contribution is -0.0740. The highest BCUT2D eigenvalue weighted by molar-refractivity contribution is 6.27. The van der Waals surface area contributed by atoms with Gasteiger partial charge >= 0.3 is 5.35 Å². The van der Waals surface area contributed by atoms with Crippen molar-refractivity contribution in [1.29, 1.82) is 0 Å². The first-order valence-corrected chi connectivity index (χ1v) is 5.90. The molecule has 0 radical (unpaired) electrons. The van der Waals surface area contributed by atoms with Crippen LogP contribution in [0.15, 0.2) is 4.52 Å². The van der Waals surface area contributed by atoms with Crippen LogP contribution in [0, 0.1) is 5.41 Å². The van der Waals surface area contributed by atoms with Gasteiger partial charge in [0.25, 0.3) is 0 Å². The smallest absolute Gasteiger partial charge is 0.320 e. The van der Waals surface area contributed by atoms with Gasteiger partial charge in [-0.2, -0.15) is 4.98 Å². The number of hydrogen-bond acceptors (Lipinski definition) is 4. The molecule has 0 saturated heterocycles. The first kappa shape index (κ1) is 11.9. The zero-order chi connectivity index (χ0) is 11.8. The van der Waals surface area contributed by atoms with Crippen molar-refractivity contribution in [1.82, 2.24) is 10.1 Å². The minimum Gasteiger partial charge on any atom is -0.370 e. The Balaban J connectivity index is 2.22. The lowest BCUT2D eigenvalue weighted by atomic mass is 9.70. The second kappa shape index (κ2) is 4.00. The first-order chi connectivity index (χ1) is 7.47. The van der Waals surface area contributed by atoms with Crippen LogP contribution in [0.4, 0.5) is 0 Å². The fourth-order valence-electron chi connectivity index (χ4n) is 2.24. The zero-order valence-corrected chi connectivity index (χ0v) is 10.7. The van der Waals surface area contributed by atoms with E-state index < -0.39 is 5.60 Å². The number of ether oxygens (including phenoxy) is 1. The topological polar surface area (TPSA) is 48.2 Å². The van der Waals surface area contributed by atoms with E-state index in [0.717, 1.165) is 25.7 Å².